The van der Waals surface area contributed by atoms with Crippen LogP contribution in [-0.4, -0.2) is 22.7 Å². The van der Waals surface area contributed by atoms with Crippen molar-refractivity contribution in [1.29, 1.82) is 0 Å². The molecule has 0 saturated heterocycles. The zero-order valence-corrected chi connectivity index (χ0v) is 9.28. The maximum Gasteiger partial charge on any atom is 0.339 e. The van der Waals surface area contributed by atoms with E-state index >= 15 is 0 Å². The molecule has 5 nitrogen and oxygen atoms in total. The second kappa shape index (κ2) is 3.66. The number of carboxylic acids is 1. The molecule has 0 aromatic carbocycles. The Balaban J connectivity index is 2.70. The molecule has 0 fully saturated rings. The number of nitrogens with two attached hydrogens (primary N) is 1. The highest BCUT2D eigenvalue weighted by Crippen LogP contribution is 2.34. The molecule has 16 heavy (non-hydrogen) atoms. The Bertz CT molecular complexity index is 455. The van der Waals surface area contributed by atoms with Crippen molar-refractivity contribution in [2.75, 3.05) is 12.3 Å². The molecule has 1 aromatic heterocycles. The zero-order chi connectivity index (χ0) is 11.9. The predicted octanol–water partition coefficient (Wildman–Crippen LogP) is 1.42. The summed E-state index contributed by atoms with van der Waals surface area (Å²) in [6, 6.07) is 0. The molecule has 2 heterocycles. The van der Waals surface area contributed by atoms with Crippen molar-refractivity contribution in [1.82, 2.24) is 4.98 Å². The molecule has 5 heteroatoms. The third kappa shape index (κ3) is 1.48. The van der Waals surface area contributed by atoms with Crippen molar-refractivity contribution >= 4 is 11.7 Å². The van der Waals surface area contributed by atoms with Crippen molar-refractivity contribution in [2.45, 2.75) is 26.2 Å². The lowest BCUT2D eigenvalue weighted by atomic mass is 9.99. The second-order valence-electron chi connectivity index (χ2n) is 4.13. The Kier molecular flexibility index (Phi) is 2.46. The molecule has 1 aliphatic heterocycles. The van der Waals surface area contributed by atoms with Crippen LogP contribution in [0.4, 0.5) is 5.69 Å². The average molecular weight is 222 g/mol. The maximum absolute atomic E-state index is 11.2. The van der Waals surface area contributed by atoms with Gasteiger partial charge in [0.05, 0.1) is 18.0 Å². The summed E-state index contributed by atoms with van der Waals surface area (Å²) < 4.78 is 5.32. The van der Waals surface area contributed by atoms with Crippen LogP contribution in [0.5, 0.6) is 5.88 Å². The first-order valence-corrected chi connectivity index (χ1v) is 5.20. The first kappa shape index (κ1) is 10.7. The molecular weight excluding hydrogens is 208 g/mol. The number of aromatic nitrogens is 1. The highest BCUT2D eigenvalue weighted by atomic mass is 16.5. The second-order valence-corrected chi connectivity index (χ2v) is 4.13. The predicted molar refractivity (Wildman–Crippen MR) is 58.9 cm³/mol. The van der Waals surface area contributed by atoms with Gasteiger partial charge in [0, 0.05) is 12.0 Å². The van der Waals surface area contributed by atoms with Gasteiger partial charge in [0.15, 0.2) is 0 Å². The van der Waals surface area contributed by atoms with E-state index < -0.39 is 5.97 Å². The highest BCUT2D eigenvalue weighted by molar-refractivity contribution is 5.96. The van der Waals surface area contributed by atoms with Gasteiger partial charge in [0.2, 0.25) is 5.88 Å². The van der Waals surface area contributed by atoms with Crippen LogP contribution in [0.2, 0.25) is 0 Å². The van der Waals surface area contributed by atoms with Gasteiger partial charge in [-0.05, 0) is 5.92 Å². The van der Waals surface area contributed by atoms with Crippen LogP contribution < -0.4 is 10.5 Å². The van der Waals surface area contributed by atoms with E-state index in [2.05, 4.69) is 4.98 Å². The molecule has 0 bridgehead atoms. The fourth-order valence-electron chi connectivity index (χ4n) is 1.89. The first-order chi connectivity index (χ1) is 7.52. The van der Waals surface area contributed by atoms with Crippen LogP contribution in [0.1, 0.15) is 41.4 Å². The standard InChI is InChI=1S/C11H14N2O3/c1-5(2)9-7(11(14)15)8(12)6-3-4-16-10(6)13-9/h5H,3-4H2,1-2H3,(H2,12,13)(H,14,15). The van der Waals surface area contributed by atoms with Gasteiger partial charge in [-0.1, -0.05) is 13.8 Å². The Labute approximate surface area is 93.2 Å². The monoisotopic (exact) mass is 222 g/mol. The van der Waals surface area contributed by atoms with Gasteiger partial charge < -0.3 is 15.6 Å². The topological polar surface area (TPSA) is 85.4 Å². The minimum absolute atomic E-state index is 0.00269. The van der Waals surface area contributed by atoms with Crippen molar-refractivity contribution in [3.8, 4) is 5.88 Å². The highest BCUT2D eigenvalue weighted by Gasteiger charge is 2.27. The van der Waals surface area contributed by atoms with Crippen LogP contribution in [0.15, 0.2) is 0 Å². The first-order valence-electron chi connectivity index (χ1n) is 5.20. The van der Waals surface area contributed by atoms with Gasteiger partial charge in [-0.15, -0.1) is 0 Å². The lowest BCUT2D eigenvalue weighted by molar-refractivity contribution is 0.0695. The number of carbonyl (C=O) groups is 1. The van der Waals surface area contributed by atoms with Gasteiger partial charge in [0.1, 0.15) is 5.56 Å². The SMILES string of the molecule is CC(C)c1nc2c(c(N)c1C(=O)O)CCO2. The molecule has 0 spiro atoms. The summed E-state index contributed by atoms with van der Waals surface area (Å²) in [6.07, 6.45) is 0.632. The van der Waals surface area contributed by atoms with Crippen molar-refractivity contribution in [2.24, 2.45) is 0 Å². The lowest BCUT2D eigenvalue weighted by Crippen LogP contribution is -2.12. The number of anilines is 1. The van der Waals surface area contributed by atoms with Gasteiger partial charge in [-0.25, -0.2) is 9.78 Å². The van der Waals surface area contributed by atoms with Gasteiger partial charge >= 0.3 is 5.97 Å². The maximum atomic E-state index is 11.2. The van der Waals surface area contributed by atoms with E-state index in [1.165, 1.54) is 0 Å². The summed E-state index contributed by atoms with van der Waals surface area (Å²) in [7, 11) is 0. The third-order valence-electron chi connectivity index (χ3n) is 2.68. The fourth-order valence-corrected chi connectivity index (χ4v) is 1.89. The molecule has 0 atom stereocenters. The fraction of sp³-hybridized carbons (Fsp3) is 0.455. The summed E-state index contributed by atoms with van der Waals surface area (Å²) in [5, 5.41) is 9.17. The normalized spacial score (nSPS) is 13.7. The molecule has 1 aliphatic rings. The van der Waals surface area contributed by atoms with E-state index in [-0.39, 0.29) is 11.5 Å². The van der Waals surface area contributed by atoms with Crippen molar-refractivity contribution < 1.29 is 14.6 Å². The van der Waals surface area contributed by atoms with Crippen LogP contribution in [-0.2, 0) is 6.42 Å². The van der Waals surface area contributed by atoms with Gasteiger partial charge in [-0.2, -0.15) is 0 Å². The number of pyridine rings is 1. The molecular formula is C11H14N2O3. The largest absolute Gasteiger partial charge is 0.478 e. The Morgan fingerprint density at radius 3 is 2.81 bits per heavy atom. The number of aromatic carboxylic acids is 1. The molecule has 1 aromatic rings. The summed E-state index contributed by atoms with van der Waals surface area (Å²) in [5.41, 5.74) is 7.52. The van der Waals surface area contributed by atoms with E-state index in [1.807, 2.05) is 13.8 Å². The zero-order valence-electron chi connectivity index (χ0n) is 9.28. The number of fused-ring (bicyclic) bond motifs is 1. The number of ether oxygens (including phenoxy) is 1. The molecule has 2 rings (SSSR count). The molecule has 0 radical (unpaired) electrons. The number of hydrogen-bond donors (Lipinski definition) is 2. The smallest absolute Gasteiger partial charge is 0.339 e. The van der Waals surface area contributed by atoms with Crippen LogP contribution in [0, 0.1) is 0 Å². The van der Waals surface area contributed by atoms with E-state index in [0.717, 1.165) is 5.56 Å². The van der Waals surface area contributed by atoms with Crippen LogP contribution >= 0.6 is 0 Å². The summed E-state index contributed by atoms with van der Waals surface area (Å²) >= 11 is 0. The van der Waals surface area contributed by atoms with E-state index in [9.17, 15) is 4.79 Å². The third-order valence-corrected chi connectivity index (χ3v) is 2.68. The average Bonchev–Trinajstić information content (AvgIpc) is 2.64. The number of nitrogens with zero attached hydrogens (tertiary/aromatic N) is 1. The number of rotatable bonds is 2. The molecule has 0 saturated carbocycles. The Hall–Kier alpha value is -1.78. The minimum Gasteiger partial charge on any atom is -0.478 e. The number of carboxylic acid groups (broad SMARTS) is 1. The lowest BCUT2D eigenvalue weighted by Gasteiger charge is -2.13. The molecule has 0 unspecified atom stereocenters. The van der Waals surface area contributed by atoms with Gasteiger partial charge in [0.25, 0.3) is 0 Å². The van der Waals surface area contributed by atoms with Crippen molar-refractivity contribution in [3.05, 3.63) is 16.8 Å². The Morgan fingerprint density at radius 1 is 1.56 bits per heavy atom. The Morgan fingerprint density at radius 2 is 2.25 bits per heavy atom. The molecule has 0 aliphatic carbocycles. The number of nitrogen functional groups attached to an aromatic ring is 1. The molecule has 0 amide bonds. The van der Waals surface area contributed by atoms with E-state index in [0.29, 0.717) is 30.3 Å². The summed E-state index contributed by atoms with van der Waals surface area (Å²) in [5.74, 6) is -0.530. The molecule has 3 N–H and O–H groups in total. The quantitative estimate of drug-likeness (QED) is 0.790. The summed E-state index contributed by atoms with van der Waals surface area (Å²) in [4.78, 5) is 15.4. The van der Waals surface area contributed by atoms with Crippen LogP contribution in [0.25, 0.3) is 0 Å². The molecule has 86 valence electrons. The minimum atomic E-state index is -1.02. The van der Waals surface area contributed by atoms with Crippen LogP contribution in [0.3, 0.4) is 0 Å². The van der Waals surface area contributed by atoms with Crippen molar-refractivity contribution in [3.63, 3.8) is 0 Å². The van der Waals surface area contributed by atoms with E-state index in [1.54, 1.807) is 0 Å². The van der Waals surface area contributed by atoms with E-state index in [4.69, 9.17) is 15.6 Å². The summed E-state index contributed by atoms with van der Waals surface area (Å²) in [6.45, 7) is 4.29. The number of hydrogen-bond acceptors (Lipinski definition) is 4. The van der Waals surface area contributed by atoms with Gasteiger partial charge in [-0.3, -0.25) is 0 Å².